The summed E-state index contributed by atoms with van der Waals surface area (Å²) in [7, 11) is 0. The molecule has 0 fully saturated rings. The Morgan fingerprint density at radius 1 is 1.54 bits per heavy atom. The van der Waals surface area contributed by atoms with Gasteiger partial charge in [0.15, 0.2) is 0 Å². The number of rotatable bonds is 6. The van der Waals surface area contributed by atoms with E-state index in [1.807, 2.05) is 13.8 Å². The van der Waals surface area contributed by atoms with Crippen LogP contribution in [0.4, 0.5) is 0 Å². The zero-order valence-corrected chi connectivity index (χ0v) is 8.67. The summed E-state index contributed by atoms with van der Waals surface area (Å²) in [6, 6.07) is 0. The van der Waals surface area contributed by atoms with Crippen molar-refractivity contribution in [3.05, 3.63) is 0 Å². The molecule has 0 aromatic rings. The van der Waals surface area contributed by atoms with E-state index in [-0.39, 0.29) is 17.9 Å². The summed E-state index contributed by atoms with van der Waals surface area (Å²) in [5.41, 5.74) is 5.35. The van der Waals surface area contributed by atoms with Crippen molar-refractivity contribution in [3.8, 4) is 0 Å². The molecule has 0 heterocycles. The molecule has 0 saturated heterocycles. The van der Waals surface area contributed by atoms with Gasteiger partial charge in [0.25, 0.3) is 0 Å². The molecular formula is C9H20N2O2. The Balaban J connectivity index is 3.57. The molecule has 0 aliphatic carbocycles. The van der Waals surface area contributed by atoms with Gasteiger partial charge in [0.1, 0.15) is 0 Å². The first-order chi connectivity index (χ1) is 6.11. The first-order valence-electron chi connectivity index (χ1n) is 4.71. The lowest BCUT2D eigenvalue weighted by Crippen LogP contribution is -2.37. The van der Waals surface area contributed by atoms with Gasteiger partial charge in [-0.1, -0.05) is 6.92 Å². The zero-order chi connectivity index (χ0) is 10.3. The smallest absolute Gasteiger partial charge is 0.224 e. The van der Waals surface area contributed by atoms with Crippen LogP contribution >= 0.6 is 0 Å². The summed E-state index contributed by atoms with van der Waals surface area (Å²) >= 11 is 0. The summed E-state index contributed by atoms with van der Waals surface area (Å²) in [4.78, 5) is 11.2. The van der Waals surface area contributed by atoms with Gasteiger partial charge in [-0.3, -0.25) is 4.79 Å². The molecule has 0 spiro atoms. The molecule has 0 aliphatic heterocycles. The van der Waals surface area contributed by atoms with Crippen LogP contribution in [0, 0.1) is 5.92 Å². The Labute approximate surface area is 79.8 Å². The Bertz CT molecular complexity index is 151. The van der Waals surface area contributed by atoms with E-state index in [1.54, 1.807) is 6.92 Å². The molecule has 2 atom stereocenters. The fourth-order valence-electron chi connectivity index (χ4n) is 0.869. The molecular weight excluding hydrogens is 168 g/mol. The van der Waals surface area contributed by atoms with Gasteiger partial charge in [0, 0.05) is 25.6 Å². The number of hydrogen-bond acceptors (Lipinski definition) is 3. The van der Waals surface area contributed by atoms with E-state index < -0.39 is 0 Å². The Morgan fingerprint density at radius 3 is 2.62 bits per heavy atom. The first kappa shape index (κ1) is 12.4. The largest absolute Gasteiger partial charge is 0.377 e. The minimum absolute atomic E-state index is 0.00551. The summed E-state index contributed by atoms with van der Waals surface area (Å²) in [6.07, 6.45) is 0.0684. The van der Waals surface area contributed by atoms with Crippen molar-refractivity contribution in [2.75, 3.05) is 19.7 Å². The van der Waals surface area contributed by atoms with Crippen LogP contribution in [0.5, 0.6) is 0 Å². The predicted octanol–water partition coefficient (Wildman–Crippen LogP) is 0.122. The maximum absolute atomic E-state index is 11.2. The number of carbonyl (C=O) groups is 1. The van der Waals surface area contributed by atoms with Crippen molar-refractivity contribution in [2.24, 2.45) is 11.7 Å². The van der Waals surface area contributed by atoms with E-state index in [0.29, 0.717) is 19.7 Å². The SMILES string of the molecule is CCOC(C)CNC(=O)C(C)CN. The van der Waals surface area contributed by atoms with Gasteiger partial charge >= 0.3 is 0 Å². The van der Waals surface area contributed by atoms with E-state index in [0.717, 1.165) is 0 Å². The van der Waals surface area contributed by atoms with Crippen LogP contribution in [0.1, 0.15) is 20.8 Å². The monoisotopic (exact) mass is 188 g/mol. The van der Waals surface area contributed by atoms with Crippen molar-refractivity contribution >= 4 is 5.91 Å². The molecule has 0 aromatic heterocycles. The maximum Gasteiger partial charge on any atom is 0.224 e. The Hall–Kier alpha value is -0.610. The van der Waals surface area contributed by atoms with Crippen LogP contribution in [0.3, 0.4) is 0 Å². The molecule has 3 N–H and O–H groups in total. The predicted molar refractivity (Wildman–Crippen MR) is 52.3 cm³/mol. The number of nitrogens with one attached hydrogen (secondary N) is 1. The van der Waals surface area contributed by atoms with E-state index in [9.17, 15) is 4.79 Å². The highest BCUT2D eigenvalue weighted by atomic mass is 16.5. The molecule has 0 aromatic carbocycles. The van der Waals surface area contributed by atoms with Crippen molar-refractivity contribution < 1.29 is 9.53 Å². The van der Waals surface area contributed by atoms with E-state index in [2.05, 4.69) is 5.32 Å². The molecule has 13 heavy (non-hydrogen) atoms. The molecule has 0 radical (unpaired) electrons. The molecule has 2 unspecified atom stereocenters. The van der Waals surface area contributed by atoms with Crippen molar-refractivity contribution in [3.63, 3.8) is 0 Å². The third-order valence-electron chi connectivity index (χ3n) is 1.82. The molecule has 0 rings (SSSR count). The van der Waals surface area contributed by atoms with Crippen molar-refractivity contribution in [2.45, 2.75) is 26.9 Å². The molecule has 4 heteroatoms. The van der Waals surface area contributed by atoms with Gasteiger partial charge < -0.3 is 15.8 Å². The minimum atomic E-state index is -0.117. The van der Waals surface area contributed by atoms with Crippen LogP contribution in [0.2, 0.25) is 0 Å². The minimum Gasteiger partial charge on any atom is -0.377 e. The Kier molecular flexibility index (Phi) is 6.54. The number of carbonyl (C=O) groups excluding carboxylic acids is 1. The van der Waals surface area contributed by atoms with Gasteiger partial charge in [0.2, 0.25) is 5.91 Å². The highest BCUT2D eigenvalue weighted by molar-refractivity contribution is 5.78. The van der Waals surface area contributed by atoms with Crippen molar-refractivity contribution in [1.82, 2.24) is 5.32 Å². The lowest BCUT2D eigenvalue weighted by molar-refractivity contribution is -0.124. The summed E-state index contributed by atoms with van der Waals surface area (Å²) < 4.78 is 5.26. The highest BCUT2D eigenvalue weighted by Gasteiger charge is 2.11. The number of nitrogens with two attached hydrogens (primary N) is 1. The molecule has 4 nitrogen and oxygen atoms in total. The highest BCUT2D eigenvalue weighted by Crippen LogP contribution is 1.92. The average Bonchev–Trinajstić information content (AvgIpc) is 2.13. The van der Waals surface area contributed by atoms with Crippen LogP contribution in [-0.2, 0) is 9.53 Å². The average molecular weight is 188 g/mol. The fourth-order valence-corrected chi connectivity index (χ4v) is 0.869. The second kappa shape index (κ2) is 6.86. The molecule has 78 valence electrons. The molecule has 0 aliphatic rings. The maximum atomic E-state index is 11.2. The van der Waals surface area contributed by atoms with E-state index >= 15 is 0 Å². The third kappa shape index (κ3) is 5.60. The summed E-state index contributed by atoms with van der Waals surface area (Å²) in [6.45, 7) is 7.27. The lowest BCUT2D eigenvalue weighted by atomic mass is 10.1. The van der Waals surface area contributed by atoms with Crippen LogP contribution in [-0.4, -0.2) is 31.7 Å². The second-order valence-electron chi connectivity index (χ2n) is 3.15. The fraction of sp³-hybridized carbons (Fsp3) is 0.889. The van der Waals surface area contributed by atoms with Crippen LogP contribution in [0.15, 0.2) is 0 Å². The number of amides is 1. The second-order valence-corrected chi connectivity index (χ2v) is 3.15. The third-order valence-corrected chi connectivity index (χ3v) is 1.82. The van der Waals surface area contributed by atoms with Gasteiger partial charge in [-0.25, -0.2) is 0 Å². The van der Waals surface area contributed by atoms with Gasteiger partial charge in [0.05, 0.1) is 6.10 Å². The number of hydrogen-bond donors (Lipinski definition) is 2. The van der Waals surface area contributed by atoms with Gasteiger partial charge in [-0.15, -0.1) is 0 Å². The molecule has 1 amide bonds. The zero-order valence-electron chi connectivity index (χ0n) is 8.67. The number of ether oxygens (including phenoxy) is 1. The quantitative estimate of drug-likeness (QED) is 0.622. The normalized spacial score (nSPS) is 15.1. The van der Waals surface area contributed by atoms with Crippen LogP contribution < -0.4 is 11.1 Å². The molecule has 0 saturated carbocycles. The standard InChI is InChI=1S/C9H20N2O2/c1-4-13-8(3)6-11-9(12)7(2)5-10/h7-8H,4-6,10H2,1-3H3,(H,11,12). The Morgan fingerprint density at radius 2 is 2.15 bits per heavy atom. The lowest BCUT2D eigenvalue weighted by Gasteiger charge is -2.14. The van der Waals surface area contributed by atoms with E-state index in [1.165, 1.54) is 0 Å². The summed E-state index contributed by atoms with van der Waals surface area (Å²) in [5, 5.41) is 2.77. The first-order valence-corrected chi connectivity index (χ1v) is 4.71. The topological polar surface area (TPSA) is 64.3 Å². The van der Waals surface area contributed by atoms with Gasteiger partial charge in [-0.2, -0.15) is 0 Å². The summed E-state index contributed by atoms with van der Waals surface area (Å²) in [5.74, 6) is -0.122. The van der Waals surface area contributed by atoms with Gasteiger partial charge in [-0.05, 0) is 13.8 Å². The van der Waals surface area contributed by atoms with Crippen molar-refractivity contribution in [1.29, 1.82) is 0 Å². The molecule has 0 bridgehead atoms. The van der Waals surface area contributed by atoms with E-state index in [4.69, 9.17) is 10.5 Å². The van der Waals surface area contributed by atoms with Crippen LogP contribution in [0.25, 0.3) is 0 Å².